The van der Waals surface area contributed by atoms with Gasteiger partial charge in [-0.3, -0.25) is 9.69 Å². The number of nitrogens with one attached hydrogen (secondary N) is 1. The van der Waals surface area contributed by atoms with Gasteiger partial charge in [0.25, 0.3) is 0 Å². The zero-order chi connectivity index (χ0) is 19.2. The predicted octanol–water partition coefficient (Wildman–Crippen LogP) is 3.70. The highest BCUT2D eigenvalue weighted by molar-refractivity contribution is 6.30. The minimum atomic E-state index is -2.94. The van der Waals surface area contributed by atoms with E-state index in [1.165, 1.54) is 12.1 Å². The summed E-state index contributed by atoms with van der Waals surface area (Å²) >= 11 is 6.04. The fourth-order valence-corrected chi connectivity index (χ4v) is 3.18. The molecule has 1 amide bonds. The highest BCUT2D eigenvalue weighted by Gasteiger charge is 2.20. The van der Waals surface area contributed by atoms with Gasteiger partial charge in [0.2, 0.25) is 5.91 Å². The number of ether oxygens (including phenoxy) is 1. The van der Waals surface area contributed by atoms with Crippen molar-refractivity contribution in [3.8, 4) is 5.75 Å². The first kappa shape index (κ1) is 19.4. The number of carbonyl (C=O) groups is 1. The number of hydrogen-bond acceptors (Lipinski definition) is 4. The molecule has 0 spiro atoms. The van der Waals surface area contributed by atoms with Crippen LogP contribution in [-0.4, -0.2) is 50.1 Å². The summed E-state index contributed by atoms with van der Waals surface area (Å²) in [5, 5.41) is 3.34. The molecule has 2 aromatic rings. The topological polar surface area (TPSA) is 44.8 Å². The molecule has 0 saturated carbocycles. The molecule has 5 nitrogen and oxygen atoms in total. The molecule has 8 heteroatoms. The van der Waals surface area contributed by atoms with Crippen molar-refractivity contribution in [3.05, 3.63) is 53.6 Å². The molecular weight excluding hydrogens is 376 g/mol. The normalized spacial score (nSPS) is 15.0. The van der Waals surface area contributed by atoms with E-state index in [9.17, 15) is 13.6 Å². The number of halogens is 3. The number of hydrogen-bond donors (Lipinski definition) is 1. The quantitative estimate of drug-likeness (QED) is 0.810. The van der Waals surface area contributed by atoms with Crippen LogP contribution >= 0.6 is 11.6 Å². The van der Waals surface area contributed by atoms with Gasteiger partial charge in [-0.25, -0.2) is 0 Å². The lowest BCUT2D eigenvalue weighted by Gasteiger charge is -2.35. The number of benzene rings is 2. The van der Waals surface area contributed by atoms with Gasteiger partial charge in [0.15, 0.2) is 0 Å². The number of rotatable bonds is 6. The average molecular weight is 396 g/mol. The molecule has 3 rings (SSSR count). The van der Waals surface area contributed by atoms with Crippen LogP contribution in [0.2, 0.25) is 5.02 Å². The van der Waals surface area contributed by atoms with Crippen LogP contribution in [0.5, 0.6) is 5.75 Å². The number of amides is 1. The molecule has 1 heterocycles. The van der Waals surface area contributed by atoms with Crippen molar-refractivity contribution in [2.75, 3.05) is 42.9 Å². The van der Waals surface area contributed by atoms with E-state index in [0.29, 0.717) is 5.02 Å². The van der Waals surface area contributed by atoms with Gasteiger partial charge in [0.1, 0.15) is 5.75 Å². The minimum Gasteiger partial charge on any atom is -0.433 e. The second-order valence-corrected chi connectivity index (χ2v) is 6.60. The summed E-state index contributed by atoms with van der Waals surface area (Å²) in [4.78, 5) is 16.5. The van der Waals surface area contributed by atoms with Crippen LogP contribution in [-0.2, 0) is 4.79 Å². The fourth-order valence-electron chi connectivity index (χ4n) is 3.00. The molecule has 1 aliphatic rings. The van der Waals surface area contributed by atoms with E-state index in [1.807, 2.05) is 29.2 Å². The van der Waals surface area contributed by atoms with Crippen LogP contribution in [0.15, 0.2) is 48.5 Å². The van der Waals surface area contributed by atoms with Crippen LogP contribution in [0.4, 0.5) is 20.2 Å². The molecule has 0 atom stereocenters. The fraction of sp³-hybridized carbons (Fsp3) is 0.316. The first-order chi connectivity index (χ1) is 13.0. The Labute approximate surface area is 161 Å². The Bertz CT molecular complexity index is 783. The third-order valence-corrected chi connectivity index (χ3v) is 4.53. The van der Waals surface area contributed by atoms with E-state index in [2.05, 4.69) is 15.0 Å². The molecule has 1 saturated heterocycles. The molecule has 1 N–H and O–H groups in total. The highest BCUT2D eigenvalue weighted by atomic mass is 35.5. The Hall–Kier alpha value is -2.38. The maximum atomic E-state index is 12.5. The summed E-state index contributed by atoms with van der Waals surface area (Å²) in [6, 6.07) is 13.8. The molecule has 0 unspecified atom stereocenters. The molecule has 0 bridgehead atoms. The SMILES string of the molecule is O=C(CN1CCN(c2cccc(Cl)c2)CC1)Nc1ccccc1OC(F)F. The second-order valence-electron chi connectivity index (χ2n) is 6.17. The van der Waals surface area contributed by atoms with Gasteiger partial charge in [0, 0.05) is 36.9 Å². The number of carbonyl (C=O) groups excluding carboxylic acids is 1. The van der Waals surface area contributed by atoms with Gasteiger partial charge < -0.3 is 15.0 Å². The monoisotopic (exact) mass is 395 g/mol. The van der Waals surface area contributed by atoms with Gasteiger partial charge in [0.05, 0.1) is 12.2 Å². The van der Waals surface area contributed by atoms with Crippen LogP contribution in [0.1, 0.15) is 0 Å². The van der Waals surface area contributed by atoms with Gasteiger partial charge in [-0.1, -0.05) is 29.8 Å². The van der Waals surface area contributed by atoms with Crippen LogP contribution < -0.4 is 15.0 Å². The lowest BCUT2D eigenvalue weighted by Crippen LogP contribution is -2.48. The first-order valence-electron chi connectivity index (χ1n) is 8.58. The average Bonchev–Trinajstić information content (AvgIpc) is 2.63. The zero-order valence-electron chi connectivity index (χ0n) is 14.6. The van der Waals surface area contributed by atoms with Crippen LogP contribution in [0.25, 0.3) is 0 Å². The van der Waals surface area contributed by atoms with Crippen molar-refractivity contribution in [2.24, 2.45) is 0 Å². The van der Waals surface area contributed by atoms with E-state index in [0.717, 1.165) is 31.9 Å². The third-order valence-electron chi connectivity index (χ3n) is 4.29. The molecule has 27 heavy (non-hydrogen) atoms. The Morgan fingerprint density at radius 1 is 1.11 bits per heavy atom. The zero-order valence-corrected chi connectivity index (χ0v) is 15.3. The molecular formula is C19H20ClF2N3O2. The Kier molecular flexibility index (Phi) is 6.47. The molecule has 1 aliphatic heterocycles. The number of para-hydroxylation sites is 2. The summed E-state index contributed by atoms with van der Waals surface area (Å²) < 4.78 is 29.3. The van der Waals surface area contributed by atoms with E-state index in [4.69, 9.17) is 11.6 Å². The summed E-state index contributed by atoms with van der Waals surface area (Å²) in [6.45, 7) is 0.233. The summed E-state index contributed by atoms with van der Waals surface area (Å²) in [7, 11) is 0. The molecule has 0 aromatic heterocycles. The highest BCUT2D eigenvalue weighted by Crippen LogP contribution is 2.25. The first-order valence-corrected chi connectivity index (χ1v) is 8.95. The van der Waals surface area contributed by atoms with Gasteiger partial charge in [-0.05, 0) is 30.3 Å². The molecule has 1 fully saturated rings. The van der Waals surface area contributed by atoms with Gasteiger partial charge in [-0.15, -0.1) is 0 Å². The van der Waals surface area contributed by atoms with Crippen molar-refractivity contribution in [2.45, 2.75) is 6.61 Å². The maximum absolute atomic E-state index is 12.5. The lowest BCUT2D eigenvalue weighted by molar-refractivity contribution is -0.117. The smallest absolute Gasteiger partial charge is 0.387 e. The van der Waals surface area contributed by atoms with E-state index < -0.39 is 6.61 Å². The molecule has 2 aromatic carbocycles. The van der Waals surface area contributed by atoms with Crippen LogP contribution in [0, 0.1) is 0 Å². The van der Waals surface area contributed by atoms with E-state index in [-0.39, 0.29) is 23.9 Å². The molecule has 144 valence electrons. The Morgan fingerprint density at radius 2 is 1.85 bits per heavy atom. The Morgan fingerprint density at radius 3 is 2.56 bits per heavy atom. The number of anilines is 2. The van der Waals surface area contributed by atoms with Crippen molar-refractivity contribution in [3.63, 3.8) is 0 Å². The van der Waals surface area contributed by atoms with Gasteiger partial charge in [-0.2, -0.15) is 8.78 Å². The summed E-state index contributed by atoms with van der Waals surface area (Å²) in [6.07, 6.45) is 0. The number of nitrogens with zero attached hydrogens (tertiary/aromatic N) is 2. The van der Waals surface area contributed by atoms with Crippen molar-refractivity contribution in [1.82, 2.24) is 4.90 Å². The van der Waals surface area contributed by atoms with Crippen LogP contribution in [0.3, 0.4) is 0 Å². The summed E-state index contributed by atoms with van der Waals surface area (Å²) in [5.74, 6) is -0.317. The standard InChI is InChI=1S/C19H20ClF2N3O2/c20-14-4-3-5-15(12-14)25-10-8-24(9-11-25)13-18(26)23-16-6-1-2-7-17(16)27-19(21)22/h1-7,12,19H,8-11,13H2,(H,23,26). The van der Waals surface area contributed by atoms with Gasteiger partial charge >= 0.3 is 6.61 Å². The largest absolute Gasteiger partial charge is 0.433 e. The number of piperazine rings is 1. The molecule has 0 aliphatic carbocycles. The maximum Gasteiger partial charge on any atom is 0.387 e. The predicted molar refractivity (Wildman–Crippen MR) is 102 cm³/mol. The third kappa shape index (κ3) is 5.55. The minimum absolute atomic E-state index is 0.0494. The Balaban J connectivity index is 1.51. The van der Waals surface area contributed by atoms with E-state index >= 15 is 0 Å². The molecule has 0 radical (unpaired) electrons. The lowest BCUT2D eigenvalue weighted by atomic mass is 10.2. The van der Waals surface area contributed by atoms with Crippen molar-refractivity contribution in [1.29, 1.82) is 0 Å². The summed E-state index contributed by atoms with van der Waals surface area (Å²) in [5.41, 5.74) is 1.30. The second kappa shape index (κ2) is 9.01. The van der Waals surface area contributed by atoms with Crippen molar-refractivity contribution < 1.29 is 18.3 Å². The van der Waals surface area contributed by atoms with Crippen molar-refractivity contribution >= 4 is 28.9 Å². The number of alkyl halides is 2. The van der Waals surface area contributed by atoms with E-state index in [1.54, 1.807) is 12.1 Å².